The molecule has 2 saturated heterocycles. The molecule has 0 saturated carbocycles. The predicted octanol–water partition coefficient (Wildman–Crippen LogP) is -0.0800. The number of nitrogens with zero attached hydrogens (tertiary/aromatic N) is 4. The zero-order valence-electron chi connectivity index (χ0n) is 13.8. The summed E-state index contributed by atoms with van der Waals surface area (Å²) >= 11 is 0. The van der Waals surface area contributed by atoms with Crippen LogP contribution in [-0.4, -0.2) is 99.8 Å². The van der Waals surface area contributed by atoms with Crippen LogP contribution < -0.4 is 5.32 Å². The van der Waals surface area contributed by atoms with Crippen LogP contribution in [0.5, 0.6) is 0 Å². The van der Waals surface area contributed by atoms with Gasteiger partial charge in [0.2, 0.25) is 0 Å². The van der Waals surface area contributed by atoms with E-state index in [2.05, 4.69) is 39.0 Å². The maximum absolute atomic E-state index is 5.44. The van der Waals surface area contributed by atoms with E-state index in [9.17, 15) is 0 Å². The van der Waals surface area contributed by atoms with Gasteiger partial charge in [-0.15, -0.1) is 0 Å². The van der Waals surface area contributed by atoms with Crippen LogP contribution >= 0.6 is 0 Å². The van der Waals surface area contributed by atoms with Crippen molar-refractivity contribution in [3.8, 4) is 0 Å². The summed E-state index contributed by atoms with van der Waals surface area (Å²) in [5.41, 5.74) is 0. The van der Waals surface area contributed by atoms with E-state index < -0.39 is 0 Å². The van der Waals surface area contributed by atoms with Crippen LogP contribution in [0.25, 0.3) is 0 Å². The lowest BCUT2D eigenvalue weighted by atomic mass is 10.2. The van der Waals surface area contributed by atoms with Crippen LogP contribution in [0.1, 0.15) is 13.3 Å². The van der Waals surface area contributed by atoms with Crippen molar-refractivity contribution in [3.05, 3.63) is 0 Å². The van der Waals surface area contributed by atoms with Gasteiger partial charge in [-0.25, -0.2) is 0 Å². The molecule has 6 nitrogen and oxygen atoms in total. The molecule has 21 heavy (non-hydrogen) atoms. The van der Waals surface area contributed by atoms with E-state index in [4.69, 9.17) is 4.74 Å². The molecule has 2 heterocycles. The van der Waals surface area contributed by atoms with Crippen molar-refractivity contribution in [1.82, 2.24) is 20.0 Å². The molecule has 122 valence electrons. The van der Waals surface area contributed by atoms with E-state index in [-0.39, 0.29) is 0 Å². The lowest BCUT2D eigenvalue weighted by molar-refractivity contribution is 0.0195. The fourth-order valence-corrected chi connectivity index (χ4v) is 3.02. The SMILES string of the molecule is CCN(C)CCNC(=NC)N1CCC(N2CCOCC2)C1. The molecule has 6 heteroatoms. The zero-order valence-corrected chi connectivity index (χ0v) is 13.8. The third-order valence-electron chi connectivity index (χ3n) is 4.55. The van der Waals surface area contributed by atoms with Gasteiger partial charge in [-0.1, -0.05) is 6.92 Å². The highest BCUT2D eigenvalue weighted by molar-refractivity contribution is 5.80. The molecule has 2 aliphatic heterocycles. The highest BCUT2D eigenvalue weighted by atomic mass is 16.5. The first-order valence-electron chi connectivity index (χ1n) is 8.20. The number of aliphatic imine (C=N–C) groups is 1. The molecule has 1 atom stereocenters. The van der Waals surface area contributed by atoms with Gasteiger partial charge in [0, 0.05) is 52.4 Å². The molecule has 2 rings (SSSR count). The summed E-state index contributed by atoms with van der Waals surface area (Å²) in [4.78, 5) is 11.7. The number of hydrogen-bond acceptors (Lipinski definition) is 4. The Bertz CT molecular complexity index is 330. The number of hydrogen-bond donors (Lipinski definition) is 1. The van der Waals surface area contributed by atoms with Crippen LogP contribution in [0.4, 0.5) is 0 Å². The van der Waals surface area contributed by atoms with Crippen LogP contribution in [0.15, 0.2) is 4.99 Å². The van der Waals surface area contributed by atoms with Crippen molar-refractivity contribution < 1.29 is 4.74 Å². The van der Waals surface area contributed by atoms with Crippen LogP contribution in [0.3, 0.4) is 0 Å². The molecular formula is C15H31N5O. The van der Waals surface area contributed by atoms with Crippen molar-refractivity contribution >= 4 is 5.96 Å². The summed E-state index contributed by atoms with van der Waals surface area (Å²) in [5.74, 6) is 1.05. The molecule has 2 aliphatic rings. The minimum atomic E-state index is 0.658. The van der Waals surface area contributed by atoms with E-state index in [1.165, 1.54) is 6.42 Å². The van der Waals surface area contributed by atoms with Crippen LogP contribution in [0, 0.1) is 0 Å². The van der Waals surface area contributed by atoms with Crippen molar-refractivity contribution in [2.45, 2.75) is 19.4 Å². The normalized spacial score (nSPS) is 24.9. The van der Waals surface area contributed by atoms with Gasteiger partial charge in [0.15, 0.2) is 5.96 Å². The van der Waals surface area contributed by atoms with Crippen molar-refractivity contribution in [2.24, 2.45) is 4.99 Å². The molecule has 0 aromatic rings. The summed E-state index contributed by atoms with van der Waals surface area (Å²) in [6.45, 7) is 11.4. The Morgan fingerprint density at radius 1 is 1.33 bits per heavy atom. The number of ether oxygens (including phenoxy) is 1. The molecule has 0 amide bonds. The third kappa shape index (κ3) is 4.83. The Morgan fingerprint density at radius 3 is 2.76 bits per heavy atom. The van der Waals surface area contributed by atoms with Crippen molar-refractivity contribution in [2.75, 3.05) is 73.1 Å². The summed E-state index contributed by atoms with van der Waals surface area (Å²) in [6.07, 6.45) is 1.23. The Balaban J connectivity index is 1.75. The maximum atomic E-state index is 5.44. The number of nitrogens with one attached hydrogen (secondary N) is 1. The highest BCUT2D eigenvalue weighted by Crippen LogP contribution is 2.16. The summed E-state index contributed by atoms with van der Waals surface area (Å²) in [6, 6.07) is 0.658. The molecule has 0 spiro atoms. The number of rotatable bonds is 5. The van der Waals surface area contributed by atoms with Gasteiger partial charge in [-0.3, -0.25) is 9.89 Å². The Hall–Kier alpha value is -0.850. The number of likely N-dealkylation sites (tertiary alicyclic amines) is 1. The van der Waals surface area contributed by atoms with E-state index in [0.717, 1.165) is 65.0 Å². The summed E-state index contributed by atoms with van der Waals surface area (Å²) in [7, 11) is 4.03. The van der Waals surface area contributed by atoms with E-state index in [0.29, 0.717) is 6.04 Å². The van der Waals surface area contributed by atoms with Crippen molar-refractivity contribution in [1.29, 1.82) is 0 Å². The Labute approximate surface area is 129 Å². The van der Waals surface area contributed by atoms with Gasteiger partial charge in [0.25, 0.3) is 0 Å². The molecular weight excluding hydrogens is 266 g/mol. The van der Waals surface area contributed by atoms with Gasteiger partial charge in [-0.05, 0) is 20.0 Å². The first-order chi connectivity index (χ1) is 10.2. The summed E-state index contributed by atoms with van der Waals surface area (Å²) in [5, 5.41) is 3.49. The van der Waals surface area contributed by atoms with Gasteiger partial charge in [0.1, 0.15) is 0 Å². The van der Waals surface area contributed by atoms with Gasteiger partial charge >= 0.3 is 0 Å². The molecule has 0 aliphatic carbocycles. The predicted molar refractivity (Wildman–Crippen MR) is 86.9 cm³/mol. The molecule has 0 aromatic carbocycles. The molecule has 0 aromatic heterocycles. The second-order valence-electron chi connectivity index (χ2n) is 5.91. The number of likely N-dealkylation sites (N-methyl/N-ethyl adjacent to an activating group) is 1. The van der Waals surface area contributed by atoms with Gasteiger partial charge < -0.3 is 19.9 Å². The van der Waals surface area contributed by atoms with Crippen LogP contribution in [-0.2, 0) is 4.74 Å². The zero-order chi connectivity index (χ0) is 15.1. The lowest BCUT2D eigenvalue weighted by Crippen LogP contribution is -2.47. The average molecular weight is 297 g/mol. The van der Waals surface area contributed by atoms with E-state index in [1.807, 2.05) is 7.05 Å². The topological polar surface area (TPSA) is 43.3 Å². The molecule has 1 N–H and O–H groups in total. The maximum Gasteiger partial charge on any atom is 0.193 e. The van der Waals surface area contributed by atoms with Crippen LogP contribution in [0.2, 0.25) is 0 Å². The Morgan fingerprint density at radius 2 is 2.10 bits per heavy atom. The second-order valence-corrected chi connectivity index (χ2v) is 5.91. The molecule has 1 unspecified atom stereocenters. The highest BCUT2D eigenvalue weighted by Gasteiger charge is 2.30. The second kappa shape index (κ2) is 8.56. The quantitative estimate of drug-likeness (QED) is 0.568. The lowest BCUT2D eigenvalue weighted by Gasteiger charge is -2.32. The molecule has 2 fully saturated rings. The fourth-order valence-electron chi connectivity index (χ4n) is 3.02. The van der Waals surface area contributed by atoms with Gasteiger partial charge in [0.05, 0.1) is 13.2 Å². The first kappa shape index (κ1) is 16.5. The van der Waals surface area contributed by atoms with E-state index in [1.54, 1.807) is 0 Å². The standard InChI is InChI=1S/C15H31N5O/c1-4-18(3)8-6-17-15(16-2)20-7-5-14(13-20)19-9-11-21-12-10-19/h14H,4-13H2,1-3H3,(H,16,17). The minimum Gasteiger partial charge on any atom is -0.379 e. The summed E-state index contributed by atoms with van der Waals surface area (Å²) < 4.78 is 5.44. The Kier molecular flexibility index (Phi) is 6.73. The first-order valence-corrected chi connectivity index (χ1v) is 8.20. The van der Waals surface area contributed by atoms with Crippen molar-refractivity contribution in [3.63, 3.8) is 0 Å². The average Bonchev–Trinajstić information content (AvgIpc) is 3.02. The monoisotopic (exact) mass is 297 g/mol. The fraction of sp³-hybridized carbons (Fsp3) is 0.933. The largest absolute Gasteiger partial charge is 0.379 e. The number of morpholine rings is 1. The van der Waals surface area contributed by atoms with E-state index >= 15 is 0 Å². The smallest absolute Gasteiger partial charge is 0.193 e. The third-order valence-corrected chi connectivity index (χ3v) is 4.55. The molecule has 0 bridgehead atoms. The molecule has 0 radical (unpaired) electrons. The van der Waals surface area contributed by atoms with Gasteiger partial charge in [-0.2, -0.15) is 0 Å². The minimum absolute atomic E-state index is 0.658. The number of guanidine groups is 1.